The maximum Gasteiger partial charge on any atom is 0.324 e. The third-order valence-electron chi connectivity index (χ3n) is 4.10. The molecular weight excluding hydrogens is 318 g/mol. The van der Waals surface area contributed by atoms with Crippen LogP contribution in [0, 0.1) is 0 Å². The first-order valence-electron chi connectivity index (χ1n) is 8.12. The Kier molecular flexibility index (Phi) is 5.09. The molecule has 1 heterocycles. The predicted octanol–water partition coefficient (Wildman–Crippen LogP) is 1.49. The first-order valence-corrected chi connectivity index (χ1v) is 8.12. The molecule has 0 bridgehead atoms. The van der Waals surface area contributed by atoms with Crippen LogP contribution in [0.1, 0.15) is 17.0 Å². The smallest absolute Gasteiger partial charge is 0.324 e. The summed E-state index contributed by atoms with van der Waals surface area (Å²) >= 11 is 0. The zero-order valence-corrected chi connectivity index (χ0v) is 13.6. The fraction of sp³-hybridized carbons (Fsp3) is 0.211. The molecule has 3 rings (SSSR count). The first-order chi connectivity index (χ1) is 12.2. The number of carbonyl (C=O) groups is 3. The van der Waals surface area contributed by atoms with Crippen molar-refractivity contribution in [3.05, 3.63) is 71.8 Å². The van der Waals surface area contributed by atoms with Gasteiger partial charge in [0.05, 0.1) is 12.5 Å². The standard InChI is InChI=1S/C19H19N3O3/c23-16-13-21-19(25)22(16)12-11-20-18(24)17(14-7-3-1-4-8-14)15-9-5-2-6-10-15/h1-10,17H,11-13H2,(H,20,24)(H,21,25). The number of nitrogens with one attached hydrogen (secondary N) is 2. The van der Waals surface area contributed by atoms with Crippen molar-refractivity contribution < 1.29 is 14.4 Å². The molecule has 1 fully saturated rings. The second kappa shape index (κ2) is 7.61. The first kappa shape index (κ1) is 16.7. The van der Waals surface area contributed by atoms with Crippen molar-refractivity contribution in [3.8, 4) is 0 Å². The third kappa shape index (κ3) is 3.85. The summed E-state index contributed by atoms with van der Waals surface area (Å²) in [6.45, 7) is 0.393. The summed E-state index contributed by atoms with van der Waals surface area (Å²) in [5.74, 6) is -0.878. The van der Waals surface area contributed by atoms with E-state index in [0.717, 1.165) is 16.0 Å². The van der Waals surface area contributed by atoms with Crippen LogP contribution in [0.4, 0.5) is 4.79 Å². The number of rotatable bonds is 6. The highest BCUT2D eigenvalue weighted by Crippen LogP contribution is 2.24. The quantitative estimate of drug-likeness (QED) is 0.784. The molecule has 0 radical (unpaired) electrons. The van der Waals surface area contributed by atoms with E-state index < -0.39 is 11.9 Å². The third-order valence-corrected chi connectivity index (χ3v) is 4.10. The van der Waals surface area contributed by atoms with Crippen molar-refractivity contribution in [2.24, 2.45) is 0 Å². The number of imide groups is 1. The summed E-state index contributed by atoms with van der Waals surface area (Å²) in [7, 11) is 0. The van der Waals surface area contributed by atoms with E-state index in [1.165, 1.54) is 0 Å². The summed E-state index contributed by atoms with van der Waals surface area (Å²) in [6.07, 6.45) is 0. The largest absolute Gasteiger partial charge is 0.353 e. The summed E-state index contributed by atoms with van der Waals surface area (Å²) in [6, 6.07) is 18.6. The van der Waals surface area contributed by atoms with E-state index in [2.05, 4.69) is 10.6 Å². The molecule has 2 aromatic carbocycles. The highest BCUT2D eigenvalue weighted by Gasteiger charge is 2.28. The maximum atomic E-state index is 12.8. The minimum absolute atomic E-state index is 0.0173. The highest BCUT2D eigenvalue weighted by molar-refractivity contribution is 6.02. The van der Waals surface area contributed by atoms with Gasteiger partial charge in [-0.1, -0.05) is 60.7 Å². The Morgan fingerprint density at radius 1 is 1.00 bits per heavy atom. The van der Waals surface area contributed by atoms with E-state index in [1.807, 2.05) is 60.7 Å². The lowest BCUT2D eigenvalue weighted by atomic mass is 9.90. The molecule has 2 N–H and O–H groups in total. The van der Waals surface area contributed by atoms with Crippen LogP contribution in [0.25, 0.3) is 0 Å². The van der Waals surface area contributed by atoms with Crippen LogP contribution in [-0.4, -0.2) is 42.4 Å². The Morgan fingerprint density at radius 2 is 1.56 bits per heavy atom. The minimum Gasteiger partial charge on any atom is -0.353 e. The van der Waals surface area contributed by atoms with Crippen LogP contribution in [-0.2, 0) is 9.59 Å². The predicted molar refractivity (Wildman–Crippen MR) is 92.8 cm³/mol. The molecule has 25 heavy (non-hydrogen) atoms. The van der Waals surface area contributed by atoms with Gasteiger partial charge in [0.25, 0.3) is 0 Å². The van der Waals surface area contributed by atoms with Gasteiger partial charge in [-0.05, 0) is 11.1 Å². The Labute approximate surface area is 145 Å². The molecular formula is C19H19N3O3. The lowest BCUT2D eigenvalue weighted by molar-refractivity contribution is -0.126. The van der Waals surface area contributed by atoms with Crippen molar-refractivity contribution in [1.29, 1.82) is 0 Å². The molecule has 6 heteroatoms. The average molecular weight is 337 g/mol. The normalized spacial score (nSPS) is 13.9. The molecule has 1 aliphatic rings. The molecule has 2 aromatic rings. The van der Waals surface area contributed by atoms with Crippen LogP contribution >= 0.6 is 0 Å². The second-order valence-corrected chi connectivity index (χ2v) is 5.75. The van der Waals surface area contributed by atoms with Gasteiger partial charge in [0, 0.05) is 13.1 Å². The fourth-order valence-corrected chi connectivity index (χ4v) is 2.86. The van der Waals surface area contributed by atoms with Crippen molar-refractivity contribution in [3.63, 3.8) is 0 Å². The molecule has 1 aliphatic heterocycles. The lowest BCUT2D eigenvalue weighted by Gasteiger charge is -2.19. The molecule has 0 atom stereocenters. The van der Waals surface area contributed by atoms with Gasteiger partial charge in [-0.3, -0.25) is 14.5 Å². The van der Waals surface area contributed by atoms with Crippen LogP contribution in [0.15, 0.2) is 60.7 Å². The molecule has 0 unspecified atom stereocenters. The van der Waals surface area contributed by atoms with Crippen LogP contribution in [0.2, 0.25) is 0 Å². The number of nitrogens with zero attached hydrogens (tertiary/aromatic N) is 1. The molecule has 0 saturated carbocycles. The second-order valence-electron chi connectivity index (χ2n) is 5.75. The van der Waals surface area contributed by atoms with Gasteiger partial charge in [-0.15, -0.1) is 0 Å². The van der Waals surface area contributed by atoms with Crippen molar-refractivity contribution >= 4 is 17.8 Å². The molecule has 0 spiro atoms. The molecule has 6 nitrogen and oxygen atoms in total. The topological polar surface area (TPSA) is 78.5 Å². The molecule has 1 saturated heterocycles. The van der Waals surface area contributed by atoms with Gasteiger partial charge in [0.2, 0.25) is 11.8 Å². The van der Waals surface area contributed by atoms with E-state index in [9.17, 15) is 14.4 Å². The lowest BCUT2D eigenvalue weighted by Crippen LogP contribution is -2.40. The van der Waals surface area contributed by atoms with E-state index >= 15 is 0 Å². The minimum atomic E-state index is -0.439. The van der Waals surface area contributed by atoms with E-state index in [4.69, 9.17) is 0 Å². The van der Waals surface area contributed by atoms with Gasteiger partial charge in [-0.25, -0.2) is 4.79 Å². The van der Waals surface area contributed by atoms with Gasteiger partial charge in [0.1, 0.15) is 0 Å². The summed E-state index contributed by atoms with van der Waals surface area (Å²) < 4.78 is 0. The van der Waals surface area contributed by atoms with Crippen molar-refractivity contribution in [1.82, 2.24) is 15.5 Å². The van der Waals surface area contributed by atoms with Crippen LogP contribution in [0.3, 0.4) is 0 Å². The summed E-state index contributed by atoms with van der Waals surface area (Å²) in [5.41, 5.74) is 1.78. The molecule has 0 aliphatic carbocycles. The van der Waals surface area contributed by atoms with Gasteiger partial charge >= 0.3 is 6.03 Å². The van der Waals surface area contributed by atoms with Crippen molar-refractivity contribution in [2.45, 2.75) is 5.92 Å². The Hall–Kier alpha value is -3.15. The van der Waals surface area contributed by atoms with Crippen LogP contribution in [0.5, 0.6) is 0 Å². The number of carbonyl (C=O) groups excluding carboxylic acids is 3. The Morgan fingerprint density at radius 3 is 2.04 bits per heavy atom. The number of benzene rings is 2. The van der Waals surface area contributed by atoms with Gasteiger partial charge in [0.15, 0.2) is 0 Å². The molecule has 4 amide bonds. The fourth-order valence-electron chi connectivity index (χ4n) is 2.86. The summed E-state index contributed by atoms with van der Waals surface area (Å²) in [4.78, 5) is 37.0. The van der Waals surface area contributed by atoms with E-state index in [1.54, 1.807) is 0 Å². The number of amides is 4. The van der Waals surface area contributed by atoms with Crippen LogP contribution < -0.4 is 10.6 Å². The number of urea groups is 1. The molecule has 128 valence electrons. The van der Waals surface area contributed by atoms with Crippen molar-refractivity contribution in [2.75, 3.05) is 19.6 Å². The number of hydrogen-bond acceptors (Lipinski definition) is 3. The maximum absolute atomic E-state index is 12.8. The number of hydrogen-bond donors (Lipinski definition) is 2. The van der Waals surface area contributed by atoms with Gasteiger partial charge < -0.3 is 10.6 Å². The summed E-state index contributed by atoms with van der Waals surface area (Å²) in [5, 5.41) is 5.29. The Balaban J connectivity index is 1.70. The highest BCUT2D eigenvalue weighted by atomic mass is 16.2. The van der Waals surface area contributed by atoms with Gasteiger partial charge in [-0.2, -0.15) is 0 Å². The zero-order valence-electron chi connectivity index (χ0n) is 13.6. The molecule has 0 aromatic heterocycles. The Bertz CT molecular complexity index is 706. The van der Waals surface area contributed by atoms with E-state index in [-0.39, 0.29) is 31.4 Å². The zero-order chi connectivity index (χ0) is 17.6. The monoisotopic (exact) mass is 337 g/mol. The average Bonchev–Trinajstić information content (AvgIpc) is 2.96. The van der Waals surface area contributed by atoms with E-state index in [0.29, 0.717) is 0 Å². The SMILES string of the molecule is O=C(NCCN1C(=O)CNC1=O)C(c1ccccc1)c1ccccc1.